The molecular formula is C17H22F3N3O3. The Morgan fingerprint density at radius 1 is 1.35 bits per heavy atom. The number of amides is 1. The quantitative estimate of drug-likeness (QED) is 0.811. The molecule has 26 heavy (non-hydrogen) atoms. The topological polar surface area (TPSA) is 54.9 Å². The minimum Gasteiger partial charge on any atom is -0.375 e. The van der Waals surface area contributed by atoms with Gasteiger partial charge in [-0.1, -0.05) is 0 Å². The molecule has 144 valence electrons. The molecule has 0 bridgehead atoms. The summed E-state index contributed by atoms with van der Waals surface area (Å²) in [7, 11) is 1.47. The van der Waals surface area contributed by atoms with E-state index in [-0.39, 0.29) is 18.3 Å². The van der Waals surface area contributed by atoms with E-state index >= 15 is 0 Å². The molecule has 2 aliphatic heterocycles. The standard InChI is InChI=1S/C17H22F3N3O3/c1-25-11-14(24)23-9-10-26-16(12-23)4-7-22(8-5-16)15-13(17(18,19)20)3-2-6-21-15/h2-3,6H,4-5,7-12H2,1H3. The van der Waals surface area contributed by atoms with Crippen LogP contribution in [0.5, 0.6) is 0 Å². The van der Waals surface area contributed by atoms with E-state index in [0.29, 0.717) is 45.6 Å². The molecule has 2 saturated heterocycles. The van der Waals surface area contributed by atoms with Gasteiger partial charge in [-0.25, -0.2) is 4.98 Å². The van der Waals surface area contributed by atoms with E-state index < -0.39 is 17.3 Å². The summed E-state index contributed by atoms with van der Waals surface area (Å²) < 4.78 is 50.5. The molecule has 3 heterocycles. The third kappa shape index (κ3) is 3.93. The van der Waals surface area contributed by atoms with Gasteiger partial charge in [0.05, 0.1) is 17.8 Å². The molecule has 0 aromatic carbocycles. The molecule has 6 nitrogen and oxygen atoms in total. The zero-order chi connectivity index (χ0) is 18.8. The van der Waals surface area contributed by atoms with Crippen molar-refractivity contribution in [1.82, 2.24) is 9.88 Å². The van der Waals surface area contributed by atoms with Crippen molar-refractivity contribution in [2.24, 2.45) is 0 Å². The van der Waals surface area contributed by atoms with Crippen molar-refractivity contribution in [3.05, 3.63) is 23.9 Å². The molecule has 0 aliphatic carbocycles. The average Bonchev–Trinajstić information content (AvgIpc) is 2.62. The summed E-state index contributed by atoms with van der Waals surface area (Å²) in [4.78, 5) is 19.4. The van der Waals surface area contributed by atoms with Crippen LogP contribution in [0.2, 0.25) is 0 Å². The van der Waals surface area contributed by atoms with E-state index in [4.69, 9.17) is 9.47 Å². The fourth-order valence-corrected chi connectivity index (χ4v) is 3.57. The lowest BCUT2D eigenvalue weighted by molar-refractivity contribution is -0.157. The molecule has 3 rings (SSSR count). The minimum absolute atomic E-state index is 0.0189. The van der Waals surface area contributed by atoms with Crippen LogP contribution in [0.3, 0.4) is 0 Å². The van der Waals surface area contributed by atoms with Crippen molar-refractivity contribution in [2.45, 2.75) is 24.6 Å². The molecule has 0 unspecified atom stereocenters. The largest absolute Gasteiger partial charge is 0.419 e. The molecule has 0 atom stereocenters. The third-order valence-electron chi connectivity index (χ3n) is 4.94. The number of halogens is 3. The molecule has 1 aromatic heterocycles. The first-order chi connectivity index (χ1) is 12.3. The van der Waals surface area contributed by atoms with Crippen LogP contribution in [0.1, 0.15) is 18.4 Å². The summed E-state index contributed by atoms with van der Waals surface area (Å²) in [5.41, 5.74) is -1.23. The van der Waals surface area contributed by atoms with Gasteiger partial charge in [0, 0.05) is 39.5 Å². The number of methoxy groups -OCH3 is 1. The van der Waals surface area contributed by atoms with Gasteiger partial charge in [0.25, 0.3) is 0 Å². The number of rotatable bonds is 3. The highest BCUT2D eigenvalue weighted by molar-refractivity contribution is 5.77. The Balaban J connectivity index is 1.69. The van der Waals surface area contributed by atoms with Crippen LogP contribution in [0.25, 0.3) is 0 Å². The van der Waals surface area contributed by atoms with E-state index in [1.807, 2.05) is 0 Å². The molecule has 1 amide bonds. The Morgan fingerprint density at radius 2 is 2.08 bits per heavy atom. The molecule has 0 radical (unpaired) electrons. The van der Waals surface area contributed by atoms with Crippen molar-refractivity contribution >= 4 is 11.7 Å². The second-order valence-corrected chi connectivity index (χ2v) is 6.64. The van der Waals surface area contributed by atoms with Crippen LogP contribution in [0, 0.1) is 0 Å². The molecule has 1 spiro atoms. The zero-order valence-corrected chi connectivity index (χ0v) is 14.6. The highest BCUT2D eigenvalue weighted by atomic mass is 19.4. The van der Waals surface area contributed by atoms with E-state index in [0.717, 1.165) is 6.07 Å². The number of carbonyl (C=O) groups is 1. The highest BCUT2D eigenvalue weighted by Crippen LogP contribution is 2.38. The predicted molar refractivity (Wildman–Crippen MR) is 87.8 cm³/mol. The van der Waals surface area contributed by atoms with E-state index in [2.05, 4.69) is 4.98 Å². The number of ether oxygens (including phenoxy) is 2. The average molecular weight is 373 g/mol. The lowest BCUT2D eigenvalue weighted by Crippen LogP contribution is -2.58. The van der Waals surface area contributed by atoms with Gasteiger partial charge in [-0.15, -0.1) is 0 Å². The second kappa shape index (κ2) is 7.40. The molecule has 0 saturated carbocycles. The van der Waals surface area contributed by atoms with Gasteiger partial charge in [-0.05, 0) is 25.0 Å². The fraction of sp³-hybridized carbons (Fsp3) is 0.647. The van der Waals surface area contributed by atoms with Crippen LogP contribution >= 0.6 is 0 Å². The van der Waals surface area contributed by atoms with Gasteiger partial charge in [0.15, 0.2) is 0 Å². The van der Waals surface area contributed by atoms with Crippen molar-refractivity contribution in [1.29, 1.82) is 0 Å². The Kier molecular flexibility index (Phi) is 5.38. The Hall–Kier alpha value is -1.87. The first-order valence-electron chi connectivity index (χ1n) is 8.52. The first-order valence-corrected chi connectivity index (χ1v) is 8.52. The van der Waals surface area contributed by atoms with Gasteiger partial charge >= 0.3 is 6.18 Å². The number of carbonyl (C=O) groups excluding carboxylic acids is 1. The lowest BCUT2D eigenvalue weighted by atomic mass is 9.89. The van der Waals surface area contributed by atoms with Crippen LogP contribution in [-0.4, -0.2) is 67.9 Å². The van der Waals surface area contributed by atoms with Crippen molar-refractivity contribution in [2.75, 3.05) is 51.4 Å². The van der Waals surface area contributed by atoms with Crippen molar-refractivity contribution in [3.63, 3.8) is 0 Å². The maximum Gasteiger partial charge on any atom is 0.419 e. The Labute approximate surface area is 149 Å². The lowest BCUT2D eigenvalue weighted by Gasteiger charge is -2.47. The smallest absolute Gasteiger partial charge is 0.375 e. The van der Waals surface area contributed by atoms with Crippen LogP contribution in [0.15, 0.2) is 18.3 Å². The van der Waals surface area contributed by atoms with Gasteiger partial charge in [-0.3, -0.25) is 4.79 Å². The number of alkyl halides is 3. The van der Waals surface area contributed by atoms with E-state index in [1.54, 1.807) is 9.80 Å². The molecular weight excluding hydrogens is 351 g/mol. The first kappa shape index (κ1) is 18.9. The number of aromatic nitrogens is 1. The zero-order valence-electron chi connectivity index (χ0n) is 14.6. The summed E-state index contributed by atoms with van der Waals surface area (Å²) in [6.45, 7) is 2.18. The normalized spacial score (nSPS) is 20.5. The number of hydrogen-bond acceptors (Lipinski definition) is 5. The SMILES string of the molecule is COCC(=O)N1CCOC2(CCN(c3ncccc3C(F)(F)F)CC2)C1. The third-order valence-corrected chi connectivity index (χ3v) is 4.94. The Morgan fingerprint density at radius 3 is 2.73 bits per heavy atom. The van der Waals surface area contributed by atoms with Crippen LogP contribution in [-0.2, 0) is 20.4 Å². The number of pyridine rings is 1. The predicted octanol–water partition coefficient (Wildman–Crippen LogP) is 1.94. The van der Waals surface area contributed by atoms with Crippen molar-refractivity contribution < 1.29 is 27.4 Å². The second-order valence-electron chi connectivity index (χ2n) is 6.64. The van der Waals surface area contributed by atoms with E-state index in [9.17, 15) is 18.0 Å². The molecule has 1 aromatic rings. The fourth-order valence-electron chi connectivity index (χ4n) is 3.57. The maximum absolute atomic E-state index is 13.2. The summed E-state index contributed by atoms with van der Waals surface area (Å²) in [6, 6.07) is 2.34. The monoisotopic (exact) mass is 373 g/mol. The minimum atomic E-state index is -4.44. The summed E-state index contributed by atoms with van der Waals surface area (Å²) in [5.74, 6) is -0.139. The molecule has 2 aliphatic rings. The van der Waals surface area contributed by atoms with Crippen LogP contribution in [0.4, 0.5) is 19.0 Å². The van der Waals surface area contributed by atoms with Gasteiger partial charge in [0.2, 0.25) is 5.91 Å². The number of nitrogens with zero attached hydrogens (tertiary/aromatic N) is 3. The van der Waals surface area contributed by atoms with Crippen molar-refractivity contribution in [3.8, 4) is 0 Å². The number of hydrogen-bond donors (Lipinski definition) is 0. The number of anilines is 1. The van der Waals surface area contributed by atoms with E-state index in [1.165, 1.54) is 19.4 Å². The van der Waals surface area contributed by atoms with Crippen LogP contribution < -0.4 is 4.90 Å². The van der Waals surface area contributed by atoms with Gasteiger partial charge < -0.3 is 19.3 Å². The summed E-state index contributed by atoms with van der Waals surface area (Å²) >= 11 is 0. The summed E-state index contributed by atoms with van der Waals surface area (Å²) in [5, 5.41) is 0. The maximum atomic E-state index is 13.2. The Bertz CT molecular complexity index is 646. The molecule has 0 N–H and O–H groups in total. The summed E-state index contributed by atoms with van der Waals surface area (Å²) in [6.07, 6.45) is -1.99. The molecule has 9 heteroatoms. The molecule has 2 fully saturated rings. The highest BCUT2D eigenvalue weighted by Gasteiger charge is 2.43. The van der Waals surface area contributed by atoms with Gasteiger partial charge in [-0.2, -0.15) is 13.2 Å². The van der Waals surface area contributed by atoms with Gasteiger partial charge in [0.1, 0.15) is 12.4 Å². The number of morpholine rings is 1. The number of piperidine rings is 1.